The molecule has 0 spiro atoms. The fraction of sp³-hybridized carbons (Fsp3) is 0.778. The van der Waals surface area contributed by atoms with Gasteiger partial charge in [0, 0.05) is 6.54 Å². The van der Waals surface area contributed by atoms with Crippen LogP contribution in [0.15, 0.2) is 23.3 Å². The molecule has 1 unspecified atom stereocenters. The number of nitrogens with zero attached hydrogens (tertiary/aromatic N) is 1. The van der Waals surface area contributed by atoms with E-state index in [0.717, 1.165) is 6.54 Å². The Morgan fingerprint density at radius 2 is 1.60 bits per heavy atom. The van der Waals surface area contributed by atoms with E-state index in [-0.39, 0.29) is 10.8 Å². The zero-order valence-corrected chi connectivity index (χ0v) is 15.0. The normalized spacial score (nSPS) is 16.8. The quantitative estimate of drug-likeness (QED) is 0.761. The van der Waals surface area contributed by atoms with Gasteiger partial charge in [0.2, 0.25) is 0 Å². The summed E-state index contributed by atoms with van der Waals surface area (Å²) in [5.74, 6) is 0. The van der Waals surface area contributed by atoms with Gasteiger partial charge < -0.3 is 10.0 Å². The summed E-state index contributed by atoms with van der Waals surface area (Å²) in [5.41, 5.74) is 2.75. The third-order valence-corrected chi connectivity index (χ3v) is 3.83. The zero-order chi connectivity index (χ0) is 16.1. The molecule has 0 radical (unpaired) electrons. The fourth-order valence-corrected chi connectivity index (χ4v) is 1.67. The van der Waals surface area contributed by atoms with Crippen molar-refractivity contribution in [1.82, 2.24) is 4.90 Å². The number of likely N-dealkylation sites (N-methyl/N-ethyl adjacent to an activating group) is 1. The van der Waals surface area contributed by atoms with Crippen LogP contribution in [0.4, 0.5) is 0 Å². The predicted molar refractivity (Wildman–Crippen MR) is 89.9 cm³/mol. The van der Waals surface area contributed by atoms with Gasteiger partial charge in [0.15, 0.2) is 0 Å². The lowest BCUT2D eigenvalue weighted by Gasteiger charge is -2.27. The Morgan fingerprint density at radius 1 is 1.10 bits per heavy atom. The van der Waals surface area contributed by atoms with Crippen LogP contribution in [0.25, 0.3) is 0 Å². The number of rotatable bonds is 5. The lowest BCUT2D eigenvalue weighted by Crippen LogP contribution is -2.28. The molecule has 1 atom stereocenters. The lowest BCUT2D eigenvalue weighted by molar-refractivity contribution is 0.166. The van der Waals surface area contributed by atoms with Crippen molar-refractivity contribution in [2.45, 2.75) is 61.5 Å². The van der Waals surface area contributed by atoms with Crippen LogP contribution in [0.5, 0.6) is 0 Å². The van der Waals surface area contributed by atoms with Crippen LogP contribution in [0, 0.1) is 10.8 Å². The first-order valence-electron chi connectivity index (χ1n) is 7.65. The molecule has 0 aliphatic rings. The molecule has 0 aliphatic heterocycles. The van der Waals surface area contributed by atoms with Crippen LogP contribution in [-0.4, -0.2) is 36.2 Å². The minimum Gasteiger partial charge on any atom is -0.388 e. The van der Waals surface area contributed by atoms with Crippen LogP contribution < -0.4 is 0 Å². The van der Waals surface area contributed by atoms with Crippen molar-refractivity contribution in [3.63, 3.8) is 0 Å². The maximum atomic E-state index is 10.3. The molecule has 0 amide bonds. The number of hydrogen-bond donors (Lipinski definition) is 1. The molecule has 20 heavy (non-hydrogen) atoms. The molecule has 0 rings (SSSR count). The van der Waals surface area contributed by atoms with Gasteiger partial charge in [-0.3, -0.25) is 0 Å². The number of hydrogen-bond acceptors (Lipinski definition) is 2. The van der Waals surface area contributed by atoms with Crippen LogP contribution >= 0.6 is 0 Å². The summed E-state index contributed by atoms with van der Waals surface area (Å²) in [6.07, 6.45) is 3.84. The topological polar surface area (TPSA) is 23.5 Å². The molecule has 0 aromatic heterocycles. The summed E-state index contributed by atoms with van der Waals surface area (Å²) in [4.78, 5) is 2.13. The molecular weight excluding hydrogens is 246 g/mol. The third kappa shape index (κ3) is 7.25. The summed E-state index contributed by atoms with van der Waals surface area (Å²) in [7, 11) is 2.03. The fourth-order valence-electron chi connectivity index (χ4n) is 1.67. The molecule has 2 heteroatoms. The molecule has 0 aromatic carbocycles. The van der Waals surface area contributed by atoms with E-state index in [0.29, 0.717) is 6.54 Å². The first kappa shape index (κ1) is 19.4. The van der Waals surface area contributed by atoms with E-state index >= 15 is 0 Å². The van der Waals surface area contributed by atoms with Gasteiger partial charge >= 0.3 is 0 Å². The Hall–Kier alpha value is -0.600. The second-order valence-electron chi connectivity index (χ2n) is 7.87. The first-order chi connectivity index (χ1) is 8.87. The molecular formula is C18H35NO. The van der Waals surface area contributed by atoms with Crippen molar-refractivity contribution in [2.24, 2.45) is 10.8 Å². The average molecular weight is 281 g/mol. The summed E-state index contributed by atoms with van der Waals surface area (Å²) >= 11 is 0. The first-order valence-corrected chi connectivity index (χ1v) is 7.65. The molecule has 2 nitrogen and oxygen atoms in total. The third-order valence-electron chi connectivity index (χ3n) is 3.83. The van der Waals surface area contributed by atoms with Gasteiger partial charge in [0.1, 0.15) is 0 Å². The Labute approximate surface area is 126 Å². The molecule has 0 fully saturated rings. The van der Waals surface area contributed by atoms with Gasteiger partial charge in [-0.2, -0.15) is 0 Å². The van der Waals surface area contributed by atoms with Gasteiger partial charge in [0.25, 0.3) is 0 Å². The van der Waals surface area contributed by atoms with Crippen molar-refractivity contribution >= 4 is 0 Å². The Morgan fingerprint density at radius 3 is 1.95 bits per heavy atom. The molecule has 0 saturated carbocycles. The summed E-state index contributed by atoms with van der Waals surface area (Å²) in [5, 5.41) is 10.3. The predicted octanol–water partition coefficient (Wildman–Crippen LogP) is 4.26. The zero-order valence-electron chi connectivity index (χ0n) is 15.0. The molecule has 1 N–H and O–H groups in total. The van der Waals surface area contributed by atoms with Crippen molar-refractivity contribution in [1.29, 1.82) is 0 Å². The largest absolute Gasteiger partial charge is 0.388 e. The van der Waals surface area contributed by atoms with Crippen LogP contribution in [0.2, 0.25) is 0 Å². The van der Waals surface area contributed by atoms with Crippen LogP contribution in [0.3, 0.4) is 0 Å². The molecule has 0 saturated heterocycles. The van der Waals surface area contributed by atoms with Gasteiger partial charge in [0.05, 0.1) is 6.10 Å². The second kappa shape index (κ2) is 7.42. The highest BCUT2D eigenvalue weighted by Gasteiger charge is 2.20. The van der Waals surface area contributed by atoms with E-state index in [4.69, 9.17) is 0 Å². The van der Waals surface area contributed by atoms with E-state index in [1.165, 1.54) is 11.1 Å². The average Bonchev–Trinajstić information content (AvgIpc) is 2.25. The van der Waals surface area contributed by atoms with Gasteiger partial charge in [-0.15, -0.1) is 0 Å². The minimum absolute atomic E-state index is 0.0400. The Balaban J connectivity index is 5.29. The van der Waals surface area contributed by atoms with Crippen molar-refractivity contribution in [3.05, 3.63) is 23.3 Å². The van der Waals surface area contributed by atoms with E-state index in [1.807, 2.05) is 13.1 Å². The Kier molecular flexibility index (Phi) is 7.20. The van der Waals surface area contributed by atoms with Gasteiger partial charge in [-0.25, -0.2) is 0 Å². The highest BCUT2D eigenvalue weighted by molar-refractivity contribution is 5.30. The summed E-state index contributed by atoms with van der Waals surface area (Å²) in [6.45, 7) is 19.2. The van der Waals surface area contributed by atoms with Crippen molar-refractivity contribution < 1.29 is 5.11 Å². The van der Waals surface area contributed by atoms with Gasteiger partial charge in [-0.05, 0) is 36.9 Å². The lowest BCUT2D eigenvalue weighted by atomic mass is 9.80. The van der Waals surface area contributed by atoms with Crippen LogP contribution in [-0.2, 0) is 0 Å². The standard InChI is InChI=1S/C18H35NO/c1-10-19(9)13-16(20)12-15(18(6,7)8)11-14(2)17(3,4)5/h11-12,16,20H,10,13H2,1-9H3/b14-11+,15-12+. The Bertz CT molecular complexity index is 353. The molecule has 0 bridgehead atoms. The number of allylic oxidation sites excluding steroid dienone is 3. The maximum Gasteiger partial charge on any atom is 0.0853 e. The molecule has 0 heterocycles. The van der Waals surface area contributed by atoms with Crippen LogP contribution in [0.1, 0.15) is 55.4 Å². The van der Waals surface area contributed by atoms with E-state index in [2.05, 4.69) is 66.4 Å². The maximum absolute atomic E-state index is 10.3. The molecule has 0 aromatic rings. The van der Waals surface area contributed by atoms with Crippen molar-refractivity contribution in [2.75, 3.05) is 20.1 Å². The highest BCUT2D eigenvalue weighted by atomic mass is 16.3. The van der Waals surface area contributed by atoms with E-state index < -0.39 is 6.10 Å². The van der Waals surface area contributed by atoms with E-state index in [9.17, 15) is 5.11 Å². The van der Waals surface area contributed by atoms with Crippen molar-refractivity contribution in [3.8, 4) is 0 Å². The molecule has 0 aliphatic carbocycles. The molecule has 118 valence electrons. The highest BCUT2D eigenvalue weighted by Crippen LogP contribution is 2.32. The smallest absolute Gasteiger partial charge is 0.0853 e. The second-order valence-corrected chi connectivity index (χ2v) is 7.87. The number of aliphatic hydroxyl groups excluding tert-OH is 1. The van der Waals surface area contributed by atoms with Gasteiger partial charge in [-0.1, -0.05) is 66.2 Å². The summed E-state index contributed by atoms with van der Waals surface area (Å²) < 4.78 is 0. The summed E-state index contributed by atoms with van der Waals surface area (Å²) in [6, 6.07) is 0. The minimum atomic E-state index is -0.418. The number of aliphatic hydroxyl groups is 1. The monoisotopic (exact) mass is 281 g/mol. The van der Waals surface area contributed by atoms with E-state index in [1.54, 1.807) is 0 Å². The SMILES string of the molecule is CCN(C)CC(O)/C=C(\C=C(/C)C(C)(C)C)C(C)(C)C.